The lowest BCUT2D eigenvalue weighted by molar-refractivity contribution is -0.139. The molecule has 214 valence electrons. The molecule has 0 saturated carbocycles. The van der Waals surface area contributed by atoms with Crippen molar-refractivity contribution in [3.8, 4) is 17.0 Å². The number of methoxy groups -OCH3 is 1. The van der Waals surface area contributed by atoms with Crippen LogP contribution in [0, 0.1) is 12.8 Å². The molecule has 1 atom stereocenters. The summed E-state index contributed by atoms with van der Waals surface area (Å²) in [5.41, 5.74) is 10.5. The maximum absolute atomic E-state index is 13.3. The van der Waals surface area contributed by atoms with Crippen LogP contribution >= 0.6 is 0 Å². The fraction of sp³-hybridized carbons (Fsp3) is 0.333. The van der Waals surface area contributed by atoms with Gasteiger partial charge in [0.15, 0.2) is 11.5 Å². The Balaban J connectivity index is 1.24. The molecule has 1 unspecified atom stereocenters. The van der Waals surface area contributed by atoms with Crippen molar-refractivity contribution < 1.29 is 19.4 Å². The number of amides is 1. The zero-order valence-corrected chi connectivity index (χ0v) is 23.2. The molecule has 2 aromatic carbocycles. The van der Waals surface area contributed by atoms with E-state index in [1.165, 1.54) is 0 Å². The molecule has 0 bridgehead atoms. The largest absolute Gasteiger partial charge is 0.497 e. The second-order valence-corrected chi connectivity index (χ2v) is 10.3. The third-order valence-electron chi connectivity index (χ3n) is 7.62. The van der Waals surface area contributed by atoms with Gasteiger partial charge in [0.25, 0.3) is 5.91 Å². The molecule has 5 rings (SSSR count). The monoisotopic (exact) mass is 557 g/mol. The lowest BCUT2D eigenvalue weighted by Gasteiger charge is -2.33. The number of carbonyl (C=O) groups is 2. The molecule has 1 aliphatic rings. The molecular formula is C30H35N7O4. The third kappa shape index (κ3) is 6.16. The molecule has 1 saturated heterocycles. The van der Waals surface area contributed by atoms with Gasteiger partial charge in [-0.1, -0.05) is 0 Å². The first kappa shape index (κ1) is 28.1. The van der Waals surface area contributed by atoms with Crippen molar-refractivity contribution in [3.63, 3.8) is 0 Å². The van der Waals surface area contributed by atoms with Gasteiger partial charge in [0.2, 0.25) is 0 Å². The summed E-state index contributed by atoms with van der Waals surface area (Å²) in [5.74, 6) is 0.775. The number of carboxylic acid groups (broad SMARTS) is 1. The van der Waals surface area contributed by atoms with Crippen LogP contribution in [0.3, 0.4) is 0 Å². The minimum absolute atomic E-state index is 0.00319. The number of hydrogen-bond acceptors (Lipinski definition) is 8. The van der Waals surface area contributed by atoms with E-state index in [2.05, 4.69) is 20.6 Å². The summed E-state index contributed by atoms with van der Waals surface area (Å²) in [4.78, 5) is 35.5. The minimum Gasteiger partial charge on any atom is -0.497 e. The average molecular weight is 558 g/mol. The number of imidazole rings is 1. The van der Waals surface area contributed by atoms with Gasteiger partial charge in [-0.15, -0.1) is 0 Å². The van der Waals surface area contributed by atoms with E-state index in [0.29, 0.717) is 42.6 Å². The second kappa shape index (κ2) is 12.4. The van der Waals surface area contributed by atoms with Crippen molar-refractivity contribution in [2.45, 2.75) is 25.8 Å². The number of aromatic nitrogens is 3. The molecule has 1 aliphatic heterocycles. The number of fused-ring (bicyclic) bond motifs is 1. The molecule has 1 fully saturated rings. The van der Waals surface area contributed by atoms with Crippen LogP contribution in [-0.4, -0.2) is 75.6 Å². The first-order valence-electron chi connectivity index (χ1n) is 13.7. The number of aryl methyl sites for hydroxylation is 1. The maximum atomic E-state index is 13.3. The highest BCUT2D eigenvalue weighted by molar-refractivity contribution is 5.96. The number of aliphatic carboxylic acids is 1. The highest BCUT2D eigenvalue weighted by Crippen LogP contribution is 2.28. The van der Waals surface area contributed by atoms with Gasteiger partial charge in [0, 0.05) is 48.8 Å². The van der Waals surface area contributed by atoms with Gasteiger partial charge < -0.3 is 31.1 Å². The summed E-state index contributed by atoms with van der Waals surface area (Å²) in [6, 6.07) is 12.8. The maximum Gasteiger partial charge on any atom is 0.322 e. The van der Waals surface area contributed by atoms with Crippen molar-refractivity contribution in [3.05, 3.63) is 72.2 Å². The molecule has 1 amide bonds. The number of anilines is 2. The van der Waals surface area contributed by atoms with Crippen molar-refractivity contribution in [1.82, 2.24) is 24.6 Å². The zero-order chi connectivity index (χ0) is 28.9. The van der Waals surface area contributed by atoms with Crippen molar-refractivity contribution in [2.24, 2.45) is 11.7 Å². The standard InChI is InChI=1S/C30H35N7O4/c1-19-15-22(5-8-24(19)29(38)36-12-9-20(10-13-36)17-33-25(16-31)30(39)40)35-27-28-34-18-26(37(28)14-11-32-27)21-3-6-23(41-2)7-4-21/h3-8,11,14-15,18,20,25,33H,9-10,12-13,16-17,31H2,1-2H3,(H,32,35)(H,39,40). The second-order valence-electron chi connectivity index (χ2n) is 10.3. The van der Waals surface area contributed by atoms with Crippen LogP contribution in [-0.2, 0) is 4.79 Å². The van der Waals surface area contributed by atoms with Crippen LogP contribution in [0.2, 0.25) is 0 Å². The Kier molecular flexibility index (Phi) is 8.46. The SMILES string of the molecule is COc1ccc(-c2cnc3c(Nc4ccc(C(=O)N5CCC(CNC(CN)C(=O)O)CC5)c(C)c4)nccn23)cc1. The smallest absolute Gasteiger partial charge is 0.322 e. The minimum atomic E-state index is -0.941. The molecule has 3 heterocycles. The lowest BCUT2D eigenvalue weighted by atomic mass is 9.95. The van der Waals surface area contributed by atoms with Gasteiger partial charge in [-0.05, 0) is 80.3 Å². The summed E-state index contributed by atoms with van der Waals surface area (Å²) in [5, 5.41) is 15.6. The number of nitrogens with one attached hydrogen (secondary N) is 2. The van der Waals surface area contributed by atoms with E-state index in [-0.39, 0.29) is 12.5 Å². The van der Waals surface area contributed by atoms with Gasteiger partial charge in [-0.3, -0.25) is 14.0 Å². The van der Waals surface area contributed by atoms with Gasteiger partial charge in [-0.2, -0.15) is 0 Å². The topological polar surface area (TPSA) is 147 Å². The molecule has 11 nitrogen and oxygen atoms in total. The van der Waals surface area contributed by atoms with Gasteiger partial charge in [0.1, 0.15) is 11.8 Å². The Morgan fingerprint density at radius 2 is 1.90 bits per heavy atom. The first-order valence-corrected chi connectivity index (χ1v) is 13.7. The van der Waals surface area contributed by atoms with Crippen LogP contribution in [0.4, 0.5) is 11.5 Å². The Morgan fingerprint density at radius 1 is 1.15 bits per heavy atom. The molecule has 4 aromatic rings. The normalized spacial score (nSPS) is 14.7. The van der Waals surface area contributed by atoms with E-state index in [9.17, 15) is 9.59 Å². The molecule has 11 heteroatoms. The fourth-order valence-corrected chi connectivity index (χ4v) is 5.19. The van der Waals surface area contributed by atoms with Gasteiger partial charge in [0.05, 0.1) is 19.0 Å². The van der Waals surface area contributed by atoms with E-state index >= 15 is 0 Å². The van der Waals surface area contributed by atoms with Crippen molar-refractivity contribution >= 4 is 29.0 Å². The number of nitrogens with two attached hydrogens (primary N) is 1. The molecular weight excluding hydrogens is 522 g/mol. The molecule has 0 spiro atoms. The van der Waals surface area contributed by atoms with Crippen LogP contribution in [0.25, 0.3) is 16.9 Å². The molecule has 0 aliphatic carbocycles. The number of likely N-dealkylation sites (tertiary alicyclic amines) is 1. The number of carbonyl (C=O) groups excluding carboxylic acids is 1. The number of benzene rings is 2. The number of ether oxygens (including phenoxy) is 1. The average Bonchev–Trinajstić information content (AvgIpc) is 3.43. The van der Waals surface area contributed by atoms with Crippen LogP contribution in [0.1, 0.15) is 28.8 Å². The van der Waals surface area contributed by atoms with E-state index in [1.54, 1.807) is 13.3 Å². The zero-order valence-electron chi connectivity index (χ0n) is 23.2. The van der Waals surface area contributed by atoms with Crippen LogP contribution in [0.5, 0.6) is 5.75 Å². The Morgan fingerprint density at radius 3 is 2.56 bits per heavy atom. The third-order valence-corrected chi connectivity index (χ3v) is 7.62. The Bertz CT molecular complexity index is 1530. The van der Waals surface area contributed by atoms with E-state index in [0.717, 1.165) is 41.1 Å². The van der Waals surface area contributed by atoms with E-state index in [4.69, 9.17) is 15.6 Å². The summed E-state index contributed by atoms with van der Waals surface area (Å²) in [7, 11) is 1.64. The summed E-state index contributed by atoms with van der Waals surface area (Å²) >= 11 is 0. The van der Waals surface area contributed by atoms with Gasteiger partial charge >= 0.3 is 5.97 Å². The number of hydrogen-bond donors (Lipinski definition) is 4. The molecule has 5 N–H and O–H groups in total. The highest BCUT2D eigenvalue weighted by atomic mass is 16.5. The molecule has 41 heavy (non-hydrogen) atoms. The number of nitrogens with zero attached hydrogens (tertiary/aromatic N) is 4. The summed E-state index contributed by atoms with van der Waals surface area (Å²) in [6.45, 7) is 3.82. The van der Waals surface area contributed by atoms with Crippen LogP contribution in [0.15, 0.2) is 61.1 Å². The molecule has 2 aromatic heterocycles. The summed E-state index contributed by atoms with van der Waals surface area (Å²) in [6.07, 6.45) is 7.05. The lowest BCUT2D eigenvalue weighted by Crippen LogP contribution is -2.47. The number of rotatable bonds is 10. The van der Waals surface area contributed by atoms with Crippen molar-refractivity contribution in [1.29, 1.82) is 0 Å². The summed E-state index contributed by atoms with van der Waals surface area (Å²) < 4.78 is 7.25. The Labute approximate surface area is 238 Å². The fourth-order valence-electron chi connectivity index (χ4n) is 5.19. The Hall–Kier alpha value is -4.48. The predicted molar refractivity (Wildman–Crippen MR) is 157 cm³/mol. The number of piperidine rings is 1. The quantitative estimate of drug-likeness (QED) is 0.231. The first-order chi connectivity index (χ1) is 19.9. The molecule has 0 radical (unpaired) electrons. The van der Waals surface area contributed by atoms with Crippen molar-refractivity contribution in [2.75, 3.05) is 38.6 Å². The highest BCUT2D eigenvalue weighted by Gasteiger charge is 2.26. The number of carboxylic acids is 1. The predicted octanol–water partition coefficient (Wildman–Crippen LogP) is 3.31. The van der Waals surface area contributed by atoms with E-state index in [1.807, 2.05) is 71.1 Å². The van der Waals surface area contributed by atoms with E-state index < -0.39 is 12.0 Å². The van der Waals surface area contributed by atoms with Gasteiger partial charge in [-0.25, -0.2) is 9.97 Å². The van der Waals surface area contributed by atoms with Crippen LogP contribution < -0.4 is 21.1 Å².